The molecule has 0 aliphatic heterocycles. The summed E-state index contributed by atoms with van der Waals surface area (Å²) in [5.74, 6) is 0.412. The third-order valence-electron chi connectivity index (χ3n) is 1.24. The number of carbonyl (C=O) groups is 1. The standard InChI is InChI=1S/C8H6Cl2O2S/c9-8(10,7(11)13)12-6-4-2-1-3-5-6/h1-5H,(H,11,13). The van der Waals surface area contributed by atoms with Gasteiger partial charge >= 0.3 is 4.52 Å². The van der Waals surface area contributed by atoms with Gasteiger partial charge in [-0.25, -0.2) is 0 Å². The second kappa shape index (κ2) is 4.22. The van der Waals surface area contributed by atoms with E-state index in [1.165, 1.54) is 0 Å². The minimum absolute atomic E-state index is 0.412. The first kappa shape index (κ1) is 10.7. The van der Waals surface area contributed by atoms with Crippen LogP contribution in [0.1, 0.15) is 0 Å². The number of rotatable bonds is 3. The zero-order chi connectivity index (χ0) is 9.90. The molecule has 0 aliphatic carbocycles. The number of ether oxygens (including phenoxy) is 1. The number of hydrogen-bond donors (Lipinski definition) is 1. The van der Waals surface area contributed by atoms with E-state index in [1.807, 2.05) is 0 Å². The van der Waals surface area contributed by atoms with Crippen molar-refractivity contribution in [2.75, 3.05) is 0 Å². The van der Waals surface area contributed by atoms with Crippen LogP contribution < -0.4 is 4.74 Å². The number of para-hydroxylation sites is 1. The summed E-state index contributed by atoms with van der Waals surface area (Å²) in [5.41, 5.74) is 0. The SMILES string of the molecule is O=C(S)C(Cl)(Cl)Oc1ccccc1. The predicted octanol–water partition coefficient (Wildman–Crippen LogP) is 2.65. The maximum Gasteiger partial charge on any atom is 0.328 e. The third kappa shape index (κ3) is 3.10. The Kier molecular flexibility index (Phi) is 3.47. The van der Waals surface area contributed by atoms with Crippen molar-refractivity contribution in [3.05, 3.63) is 30.3 Å². The molecule has 0 heterocycles. The zero-order valence-electron chi connectivity index (χ0n) is 6.41. The summed E-state index contributed by atoms with van der Waals surface area (Å²) in [6.07, 6.45) is 0. The van der Waals surface area contributed by atoms with E-state index in [0.29, 0.717) is 5.75 Å². The highest BCUT2D eigenvalue weighted by Gasteiger charge is 2.33. The van der Waals surface area contributed by atoms with Crippen LogP contribution >= 0.6 is 35.8 Å². The van der Waals surface area contributed by atoms with E-state index in [9.17, 15) is 4.79 Å². The Morgan fingerprint density at radius 1 is 1.31 bits per heavy atom. The topological polar surface area (TPSA) is 26.3 Å². The second-order valence-corrected chi connectivity index (χ2v) is 3.90. The minimum Gasteiger partial charge on any atom is -0.451 e. The van der Waals surface area contributed by atoms with Crippen LogP contribution in [-0.4, -0.2) is 9.63 Å². The molecule has 5 heteroatoms. The Morgan fingerprint density at radius 3 is 2.31 bits per heavy atom. The largest absolute Gasteiger partial charge is 0.451 e. The Bertz CT molecular complexity index is 300. The number of hydrogen-bond acceptors (Lipinski definition) is 2. The van der Waals surface area contributed by atoms with E-state index in [0.717, 1.165) is 0 Å². The highest BCUT2D eigenvalue weighted by molar-refractivity contribution is 7.97. The summed E-state index contributed by atoms with van der Waals surface area (Å²) < 4.78 is 3.04. The fourth-order valence-electron chi connectivity index (χ4n) is 0.680. The Hall–Kier alpha value is -0.380. The quantitative estimate of drug-likeness (QED) is 0.646. The molecule has 0 saturated heterocycles. The molecule has 0 bridgehead atoms. The fraction of sp³-hybridized carbons (Fsp3) is 0.125. The molecule has 0 amide bonds. The molecule has 70 valence electrons. The Morgan fingerprint density at radius 2 is 1.85 bits per heavy atom. The van der Waals surface area contributed by atoms with Gasteiger partial charge in [0.2, 0.25) is 0 Å². The number of halogens is 2. The van der Waals surface area contributed by atoms with Crippen molar-refractivity contribution >= 4 is 40.9 Å². The number of benzene rings is 1. The summed E-state index contributed by atoms with van der Waals surface area (Å²) in [7, 11) is 0. The molecule has 13 heavy (non-hydrogen) atoms. The molecule has 0 aromatic heterocycles. The maximum absolute atomic E-state index is 10.7. The third-order valence-corrected chi connectivity index (χ3v) is 2.31. The van der Waals surface area contributed by atoms with Gasteiger partial charge in [-0.1, -0.05) is 30.8 Å². The molecular weight excluding hydrogens is 231 g/mol. The first-order valence-electron chi connectivity index (χ1n) is 3.37. The molecule has 1 aromatic carbocycles. The monoisotopic (exact) mass is 236 g/mol. The lowest BCUT2D eigenvalue weighted by Crippen LogP contribution is -2.28. The van der Waals surface area contributed by atoms with Crippen molar-refractivity contribution < 1.29 is 9.53 Å². The second-order valence-electron chi connectivity index (χ2n) is 2.24. The molecule has 0 fully saturated rings. The Balaban J connectivity index is 2.75. The molecule has 0 atom stereocenters. The molecule has 1 rings (SSSR count). The summed E-state index contributed by atoms with van der Waals surface area (Å²) in [4.78, 5) is 10.7. The van der Waals surface area contributed by atoms with E-state index < -0.39 is 9.63 Å². The fourth-order valence-corrected chi connectivity index (χ4v) is 0.904. The summed E-state index contributed by atoms with van der Waals surface area (Å²) in [5, 5.41) is -0.750. The normalized spacial score (nSPS) is 11.0. The number of alkyl halides is 2. The highest BCUT2D eigenvalue weighted by Crippen LogP contribution is 2.27. The molecule has 1 aromatic rings. The summed E-state index contributed by atoms with van der Waals surface area (Å²) in [6, 6.07) is 8.55. The van der Waals surface area contributed by atoms with Gasteiger partial charge in [-0.2, -0.15) is 0 Å². The van der Waals surface area contributed by atoms with Crippen molar-refractivity contribution in [2.24, 2.45) is 0 Å². The van der Waals surface area contributed by atoms with Crippen LogP contribution in [0, 0.1) is 0 Å². The van der Waals surface area contributed by atoms with E-state index >= 15 is 0 Å². The van der Waals surface area contributed by atoms with Crippen molar-refractivity contribution in [2.45, 2.75) is 4.52 Å². The van der Waals surface area contributed by atoms with Crippen LogP contribution in [0.15, 0.2) is 30.3 Å². The molecule has 2 nitrogen and oxygen atoms in total. The lowest BCUT2D eigenvalue weighted by molar-refractivity contribution is -0.115. The van der Waals surface area contributed by atoms with Gasteiger partial charge in [0.1, 0.15) is 5.75 Å². The van der Waals surface area contributed by atoms with Gasteiger partial charge in [0.15, 0.2) is 0 Å². The summed E-state index contributed by atoms with van der Waals surface area (Å²) in [6.45, 7) is 0. The van der Waals surface area contributed by atoms with Crippen molar-refractivity contribution in [3.8, 4) is 5.75 Å². The molecule has 0 aliphatic rings. The zero-order valence-corrected chi connectivity index (χ0v) is 8.81. The van der Waals surface area contributed by atoms with Crippen molar-refractivity contribution in [1.29, 1.82) is 0 Å². The first-order valence-corrected chi connectivity index (χ1v) is 4.58. The van der Waals surface area contributed by atoms with Crippen LogP contribution in [0.4, 0.5) is 0 Å². The van der Waals surface area contributed by atoms with E-state index in [1.54, 1.807) is 30.3 Å². The van der Waals surface area contributed by atoms with Gasteiger partial charge < -0.3 is 4.74 Å². The number of carbonyl (C=O) groups excluding carboxylic acids is 1. The molecule has 0 unspecified atom stereocenters. The minimum atomic E-state index is -1.93. The highest BCUT2D eigenvalue weighted by atomic mass is 35.5. The van der Waals surface area contributed by atoms with E-state index in [2.05, 4.69) is 12.6 Å². The van der Waals surface area contributed by atoms with Crippen molar-refractivity contribution in [1.82, 2.24) is 0 Å². The van der Waals surface area contributed by atoms with Crippen LogP contribution in [0.2, 0.25) is 0 Å². The average Bonchev–Trinajstić information content (AvgIpc) is 2.05. The smallest absolute Gasteiger partial charge is 0.328 e. The van der Waals surface area contributed by atoms with Crippen LogP contribution in [0.3, 0.4) is 0 Å². The van der Waals surface area contributed by atoms with Gasteiger partial charge in [-0.05, 0) is 35.3 Å². The van der Waals surface area contributed by atoms with Gasteiger partial charge in [0.25, 0.3) is 5.12 Å². The van der Waals surface area contributed by atoms with E-state index in [4.69, 9.17) is 27.9 Å². The maximum atomic E-state index is 10.7. The van der Waals surface area contributed by atoms with Crippen molar-refractivity contribution in [3.63, 3.8) is 0 Å². The lowest BCUT2D eigenvalue weighted by atomic mass is 10.3. The lowest BCUT2D eigenvalue weighted by Gasteiger charge is -2.16. The van der Waals surface area contributed by atoms with Gasteiger partial charge in [-0.15, -0.1) is 0 Å². The summed E-state index contributed by atoms with van der Waals surface area (Å²) >= 11 is 14.5. The van der Waals surface area contributed by atoms with Gasteiger partial charge in [-0.3, -0.25) is 4.79 Å². The average molecular weight is 237 g/mol. The van der Waals surface area contributed by atoms with Crippen LogP contribution in [-0.2, 0) is 4.79 Å². The predicted molar refractivity (Wildman–Crippen MR) is 55.5 cm³/mol. The van der Waals surface area contributed by atoms with Gasteiger partial charge in [0, 0.05) is 0 Å². The van der Waals surface area contributed by atoms with Crippen LogP contribution in [0.5, 0.6) is 5.75 Å². The number of thiol groups is 1. The molecule has 0 radical (unpaired) electrons. The molecule has 0 N–H and O–H groups in total. The van der Waals surface area contributed by atoms with Crippen LogP contribution in [0.25, 0.3) is 0 Å². The molecule has 0 saturated carbocycles. The molecular formula is C8H6Cl2O2S. The van der Waals surface area contributed by atoms with Gasteiger partial charge in [0.05, 0.1) is 0 Å². The Labute approximate surface area is 91.2 Å². The molecule has 0 spiro atoms. The first-order chi connectivity index (χ1) is 6.02. The van der Waals surface area contributed by atoms with E-state index in [-0.39, 0.29) is 0 Å².